The van der Waals surface area contributed by atoms with E-state index in [2.05, 4.69) is 56.5 Å². The smallest absolute Gasteiger partial charge is 0.253 e. The molecule has 2 aliphatic heterocycles. The molecule has 1 amide bonds. The highest BCUT2D eigenvalue weighted by molar-refractivity contribution is 5.94. The zero-order chi connectivity index (χ0) is 19.9. The lowest BCUT2D eigenvalue weighted by Gasteiger charge is -2.34. The van der Waals surface area contributed by atoms with Crippen LogP contribution in [0.25, 0.3) is 6.08 Å². The second-order valence-corrected chi connectivity index (χ2v) is 7.50. The van der Waals surface area contributed by atoms with Crippen molar-refractivity contribution in [2.45, 2.75) is 18.9 Å². The van der Waals surface area contributed by atoms with E-state index in [0.717, 1.165) is 57.1 Å². The Morgan fingerprint density at radius 1 is 1.14 bits per heavy atom. The molecule has 1 N–H and O–H groups in total. The topological polar surface area (TPSA) is 57.7 Å². The first-order valence-corrected chi connectivity index (χ1v) is 10.4. The van der Waals surface area contributed by atoms with E-state index in [1.54, 1.807) is 6.20 Å². The van der Waals surface area contributed by atoms with Gasteiger partial charge in [-0.15, -0.1) is 0 Å². The normalized spacial score (nSPS) is 20.3. The van der Waals surface area contributed by atoms with Gasteiger partial charge in [0, 0.05) is 39.3 Å². The fourth-order valence-electron chi connectivity index (χ4n) is 3.72. The monoisotopic (exact) mass is 392 g/mol. The second-order valence-electron chi connectivity index (χ2n) is 7.50. The molecule has 0 saturated carbocycles. The average Bonchev–Trinajstić information content (AvgIpc) is 3.31. The number of piperazine rings is 1. The minimum absolute atomic E-state index is 0.0748. The number of carbonyl (C=O) groups is 1. The van der Waals surface area contributed by atoms with Crippen molar-refractivity contribution in [3.63, 3.8) is 0 Å². The molecule has 2 fully saturated rings. The molecular weight excluding hydrogens is 364 g/mol. The molecule has 152 valence electrons. The first-order chi connectivity index (χ1) is 14.3. The molecule has 0 radical (unpaired) electrons. The predicted octanol–water partition coefficient (Wildman–Crippen LogP) is 3.03. The van der Waals surface area contributed by atoms with Crippen LogP contribution < -0.4 is 10.2 Å². The highest BCUT2D eigenvalue weighted by Crippen LogP contribution is 2.18. The van der Waals surface area contributed by atoms with Crippen LogP contribution in [-0.4, -0.2) is 61.2 Å². The summed E-state index contributed by atoms with van der Waals surface area (Å²) in [6.45, 7) is 5.56. The summed E-state index contributed by atoms with van der Waals surface area (Å²) in [5.74, 6) is 0.883. The van der Waals surface area contributed by atoms with Gasteiger partial charge in [0.15, 0.2) is 0 Å². The Labute approximate surface area is 172 Å². The number of nitrogens with one attached hydrogen (secondary N) is 1. The number of carbonyl (C=O) groups excluding carboxylic acids is 1. The summed E-state index contributed by atoms with van der Waals surface area (Å²) >= 11 is 0. The van der Waals surface area contributed by atoms with Gasteiger partial charge in [-0.1, -0.05) is 42.5 Å². The van der Waals surface area contributed by atoms with Gasteiger partial charge in [-0.3, -0.25) is 9.69 Å². The Kier molecular flexibility index (Phi) is 6.54. The quantitative estimate of drug-likeness (QED) is 0.819. The predicted molar refractivity (Wildman–Crippen MR) is 116 cm³/mol. The van der Waals surface area contributed by atoms with Gasteiger partial charge in [-0.25, -0.2) is 4.98 Å². The molecule has 6 nitrogen and oxygen atoms in total. The van der Waals surface area contributed by atoms with Crippen molar-refractivity contribution in [1.29, 1.82) is 0 Å². The molecule has 0 bridgehead atoms. The molecule has 1 aromatic carbocycles. The van der Waals surface area contributed by atoms with Crippen LogP contribution in [-0.2, 0) is 9.53 Å². The van der Waals surface area contributed by atoms with Crippen molar-refractivity contribution in [2.24, 2.45) is 0 Å². The Morgan fingerprint density at radius 3 is 2.66 bits per heavy atom. The summed E-state index contributed by atoms with van der Waals surface area (Å²) in [7, 11) is 0. The number of hydrogen-bond donors (Lipinski definition) is 1. The van der Waals surface area contributed by atoms with Crippen LogP contribution in [0.4, 0.5) is 11.5 Å². The molecule has 2 aromatic rings. The van der Waals surface area contributed by atoms with Crippen LogP contribution in [0, 0.1) is 0 Å². The van der Waals surface area contributed by atoms with Gasteiger partial charge in [0.05, 0.1) is 11.9 Å². The van der Waals surface area contributed by atoms with Crippen LogP contribution >= 0.6 is 0 Å². The van der Waals surface area contributed by atoms with Gasteiger partial charge in [0.1, 0.15) is 11.9 Å². The van der Waals surface area contributed by atoms with Crippen molar-refractivity contribution in [3.05, 3.63) is 60.3 Å². The highest BCUT2D eigenvalue weighted by atomic mass is 16.5. The maximum absolute atomic E-state index is 12.1. The summed E-state index contributed by atoms with van der Waals surface area (Å²) in [6.07, 6.45) is 7.56. The van der Waals surface area contributed by atoms with E-state index in [0.29, 0.717) is 6.61 Å². The lowest BCUT2D eigenvalue weighted by Crippen LogP contribution is -2.46. The molecule has 1 aromatic heterocycles. The van der Waals surface area contributed by atoms with Gasteiger partial charge >= 0.3 is 0 Å². The summed E-state index contributed by atoms with van der Waals surface area (Å²) in [4.78, 5) is 21.4. The van der Waals surface area contributed by atoms with Gasteiger partial charge in [-0.05, 0) is 30.5 Å². The Hall–Kier alpha value is -2.70. The first kappa shape index (κ1) is 19.6. The fourth-order valence-corrected chi connectivity index (χ4v) is 3.72. The number of rotatable bonds is 6. The van der Waals surface area contributed by atoms with Crippen molar-refractivity contribution in [2.75, 3.05) is 49.5 Å². The number of nitrogens with zero attached hydrogens (tertiary/aromatic N) is 3. The maximum Gasteiger partial charge on any atom is 0.253 e. The van der Waals surface area contributed by atoms with Gasteiger partial charge in [-0.2, -0.15) is 0 Å². The van der Waals surface area contributed by atoms with Crippen molar-refractivity contribution in [3.8, 4) is 0 Å². The largest absolute Gasteiger partial charge is 0.368 e. The molecule has 1 unspecified atom stereocenters. The van der Waals surface area contributed by atoms with Gasteiger partial charge in [0.2, 0.25) is 0 Å². The number of ether oxygens (including phenoxy) is 1. The molecule has 1 atom stereocenters. The van der Waals surface area contributed by atoms with Gasteiger partial charge < -0.3 is 15.0 Å². The van der Waals surface area contributed by atoms with Crippen LogP contribution in [0.3, 0.4) is 0 Å². The zero-order valence-corrected chi connectivity index (χ0v) is 16.7. The van der Waals surface area contributed by atoms with Crippen LogP contribution in [0.5, 0.6) is 0 Å². The minimum Gasteiger partial charge on any atom is -0.368 e. The fraction of sp³-hybridized carbons (Fsp3) is 0.391. The molecule has 2 aliphatic rings. The van der Waals surface area contributed by atoms with Crippen LogP contribution in [0.2, 0.25) is 0 Å². The van der Waals surface area contributed by atoms with Gasteiger partial charge in [0.25, 0.3) is 5.91 Å². The second kappa shape index (κ2) is 9.67. The third-order valence-corrected chi connectivity index (χ3v) is 5.41. The first-order valence-electron chi connectivity index (χ1n) is 10.4. The molecule has 0 aliphatic carbocycles. The Bertz CT molecular complexity index is 809. The summed E-state index contributed by atoms with van der Waals surface area (Å²) in [5, 5.41) is 2.90. The third kappa shape index (κ3) is 5.43. The van der Waals surface area contributed by atoms with E-state index >= 15 is 0 Å². The van der Waals surface area contributed by atoms with E-state index in [9.17, 15) is 4.79 Å². The number of amides is 1. The van der Waals surface area contributed by atoms with Crippen molar-refractivity contribution < 1.29 is 9.53 Å². The molecule has 4 rings (SSSR count). The van der Waals surface area contributed by atoms with Crippen molar-refractivity contribution in [1.82, 2.24) is 9.88 Å². The standard InChI is InChI=1S/C23H28N4O2/c28-23(21-9-5-17-29-21)25-20-10-11-22(24-18-20)27-15-13-26(14-16-27)12-4-8-19-6-2-1-3-7-19/h1-4,6-8,10-11,18,21H,5,9,12-17H2,(H,25,28)/b8-4+. The van der Waals surface area contributed by atoms with E-state index < -0.39 is 0 Å². The molecule has 2 saturated heterocycles. The number of aromatic nitrogens is 1. The van der Waals surface area contributed by atoms with E-state index in [1.807, 2.05) is 18.2 Å². The number of benzene rings is 1. The average molecular weight is 393 g/mol. The molecule has 0 spiro atoms. The number of anilines is 2. The number of pyridine rings is 1. The maximum atomic E-state index is 12.1. The SMILES string of the molecule is O=C(Nc1ccc(N2CCN(C/C=C/c3ccccc3)CC2)nc1)C1CCCO1. The summed E-state index contributed by atoms with van der Waals surface area (Å²) in [6, 6.07) is 14.3. The van der Waals surface area contributed by atoms with Crippen LogP contribution in [0.1, 0.15) is 18.4 Å². The molecular formula is C23H28N4O2. The zero-order valence-electron chi connectivity index (χ0n) is 16.7. The molecule has 6 heteroatoms. The lowest BCUT2D eigenvalue weighted by atomic mass is 10.2. The van der Waals surface area contributed by atoms with Crippen LogP contribution in [0.15, 0.2) is 54.7 Å². The molecule has 3 heterocycles. The molecule has 29 heavy (non-hydrogen) atoms. The summed E-state index contributed by atoms with van der Waals surface area (Å²) < 4.78 is 5.42. The summed E-state index contributed by atoms with van der Waals surface area (Å²) in [5.41, 5.74) is 1.96. The number of hydrogen-bond acceptors (Lipinski definition) is 5. The van der Waals surface area contributed by atoms with E-state index in [-0.39, 0.29) is 12.0 Å². The minimum atomic E-state index is -0.321. The highest BCUT2D eigenvalue weighted by Gasteiger charge is 2.23. The van der Waals surface area contributed by atoms with E-state index in [4.69, 9.17) is 4.74 Å². The van der Waals surface area contributed by atoms with Crippen molar-refractivity contribution >= 4 is 23.5 Å². The Morgan fingerprint density at radius 2 is 1.97 bits per heavy atom. The Balaban J connectivity index is 1.23. The lowest BCUT2D eigenvalue weighted by molar-refractivity contribution is -0.124. The van der Waals surface area contributed by atoms with E-state index in [1.165, 1.54) is 5.56 Å². The third-order valence-electron chi connectivity index (χ3n) is 5.41.